The minimum Gasteiger partial charge on any atom is -0.355 e. The van der Waals surface area contributed by atoms with Crippen molar-refractivity contribution in [1.82, 2.24) is 15.5 Å². The first-order valence-electron chi connectivity index (χ1n) is 8.36. The number of urea groups is 1. The molecule has 1 aliphatic rings. The van der Waals surface area contributed by atoms with Crippen molar-refractivity contribution in [2.75, 3.05) is 13.1 Å². The molecule has 3 rings (SSSR count). The molecule has 1 fully saturated rings. The molecule has 0 unspecified atom stereocenters. The number of hydrogen-bond acceptors (Lipinski definition) is 3. The van der Waals surface area contributed by atoms with Crippen LogP contribution in [0.2, 0.25) is 0 Å². The van der Waals surface area contributed by atoms with E-state index in [4.69, 9.17) is 0 Å². The average Bonchev–Trinajstić information content (AvgIpc) is 2.83. The molecule has 1 heterocycles. The SMILES string of the molecule is CCCNC(=O)CN1C(=O)N[C@](C)(c2cccc3ccccc23)C1=O. The quantitative estimate of drug-likeness (QED) is 0.819. The number of carbonyl (C=O) groups excluding carboxylic acids is 3. The van der Waals surface area contributed by atoms with Crippen molar-refractivity contribution in [3.63, 3.8) is 0 Å². The zero-order valence-electron chi connectivity index (χ0n) is 14.3. The normalized spacial score (nSPS) is 20.0. The van der Waals surface area contributed by atoms with Gasteiger partial charge in [0.2, 0.25) is 5.91 Å². The Bertz CT molecular complexity index is 843. The largest absolute Gasteiger partial charge is 0.355 e. The van der Waals surface area contributed by atoms with Crippen molar-refractivity contribution in [1.29, 1.82) is 0 Å². The second-order valence-corrected chi connectivity index (χ2v) is 6.32. The topological polar surface area (TPSA) is 78.5 Å². The summed E-state index contributed by atoms with van der Waals surface area (Å²) in [5.74, 6) is -0.756. The molecule has 0 aromatic heterocycles. The number of nitrogens with zero attached hydrogens (tertiary/aromatic N) is 1. The van der Waals surface area contributed by atoms with Gasteiger partial charge in [-0.25, -0.2) is 4.79 Å². The van der Waals surface area contributed by atoms with E-state index in [0.29, 0.717) is 6.54 Å². The van der Waals surface area contributed by atoms with E-state index >= 15 is 0 Å². The first-order chi connectivity index (χ1) is 12.0. The summed E-state index contributed by atoms with van der Waals surface area (Å²) < 4.78 is 0. The van der Waals surface area contributed by atoms with Crippen LogP contribution >= 0.6 is 0 Å². The molecule has 1 atom stereocenters. The van der Waals surface area contributed by atoms with E-state index in [2.05, 4.69) is 10.6 Å². The van der Waals surface area contributed by atoms with E-state index < -0.39 is 17.5 Å². The number of carbonyl (C=O) groups is 3. The molecule has 0 saturated carbocycles. The number of benzene rings is 2. The maximum atomic E-state index is 13.0. The number of nitrogens with one attached hydrogen (secondary N) is 2. The van der Waals surface area contributed by atoms with E-state index in [9.17, 15) is 14.4 Å². The molecule has 0 spiro atoms. The highest BCUT2D eigenvalue weighted by molar-refractivity contribution is 6.10. The Morgan fingerprint density at radius 1 is 1.16 bits per heavy atom. The Morgan fingerprint density at radius 2 is 1.88 bits per heavy atom. The molecule has 2 aromatic rings. The minimum absolute atomic E-state index is 0.273. The van der Waals surface area contributed by atoms with Gasteiger partial charge in [0.1, 0.15) is 12.1 Å². The summed E-state index contributed by atoms with van der Waals surface area (Å²) in [7, 11) is 0. The highest BCUT2D eigenvalue weighted by Crippen LogP contribution is 2.33. The van der Waals surface area contributed by atoms with Crippen LogP contribution in [-0.4, -0.2) is 35.8 Å². The second-order valence-electron chi connectivity index (χ2n) is 6.32. The third kappa shape index (κ3) is 2.95. The molecule has 4 amide bonds. The van der Waals surface area contributed by atoms with E-state index in [1.807, 2.05) is 49.4 Å². The lowest BCUT2D eigenvalue weighted by atomic mass is 9.88. The van der Waals surface area contributed by atoms with E-state index in [0.717, 1.165) is 27.7 Å². The Kier molecular flexibility index (Phi) is 4.44. The van der Waals surface area contributed by atoms with E-state index in [1.54, 1.807) is 6.92 Å². The molecule has 130 valence electrons. The van der Waals surface area contributed by atoms with Gasteiger partial charge in [-0.2, -0.15) is 0 Å². The van der Waals surface area contributed by atoms with Gasteiger partial charge in [-0.05, 0) is 29.7 Å². The summed E-state index contributed by atoms with van der Waals surface area (Å²) in [5.41, 5.74) is -0.469. The van der Waals surface area contributed by atoms with Gasteiger partial charge in [0, 0.05) is 6.54 Å². The van der Waals surface area contributed by atoms with E-state index in [-0.39, 0.29) is 12.5 Å². The molecule has 6 heteroatoms. The van der Waals surface area contributed by atoms with Gasteiger partial charge in [0.25, 0.3) is 5.91 Å². The molecular formula is C19H21N3O3. The van der Waals surface area contributed by atoms with Crippen molar-refractivity contribution in [3.8, 4) is 0 Å². The highest BCUT2D eigenvalue weighted by atomic mass is 16.2. The lowest BCUT2D eigenvalue weighted by Gasteiger charge is -2.24. The van der Waals surface area contributed by atoms with Crippen LogP contribution in [0.25, 0.3) is 10.8 Å². The smallest absolute Gasteiger partial charge is 0.325 e. The van der Waals surface area contributed by atoms with Crippen molar-refractivity contribution in [2.45, 2.75) is 25.8 Å². The van der Waals surface area contributed by atoms with Crippen molar-refractivity contribution >= 4 is 28.6 Å². The van der Waals surface area contributed by atoms with Crippen LogP contribution < -0.4 is 10.6 Å². The fraction of sp³-hybridized carbons (Fsp3) is 0.316. The summed E-state index contributed by atoms with van der Waals surface area (Å²) in [6.45, 7) is 3.86. The summed E-state index contributed by atoms with van der Waals surface area (Å²) >= 11 is 0. The number of imide groups is 1. The third-order valence-corrected chi connectivity index (χ3v) is 4.48. The van der Waals surface area contributed by atoms with Crippen molar-refractivity contribution < 1.29 is 14.4 Å². The molecule has 0 bridgehead atoms. The molecule has 25 heavy (non-hydrogen) atoms. The van der Waals surface area contributed by atoms with Gasteiger partial charge < -0.3 is 10.6 Å². The standard InChI is InChI=1S/C19H21N3O3/c1-3-11-20-16(23)12-22-17(24)19(2,21-18(22)25)15-10-6-8-13-7-4-5-9-14(13)15/h4-10H,3,11-12H2,1-2H3,(H,20,23)(H,21,25)/t19-/m1/s1. The number of hydrogen-bond donors (Lipinski definition) is 2. The second kappa shape index (κ2) is 6.55. The van der Waals surface area contributed by atoms with Crippen LogP contribution in [0.3, 0.4) is 0 Å². The zero-order valence-corrected chi connectivity index (χ0v) is 14.3. The Hall–Kier alpha value is -2.89. The monoisotopic (exact) mass is 339 g/mol. The van der Waals surface area contributed by atoms with Gasteiger partial charge in [-0.15, -0.1) is 0 Å². The number of fused-ring (bicyclic) bond motifs is 1. The van der Waals surface area contributed by atoms with Gasteiger partial charge in [0.15, 0.2) is 0 Å². The predicted molar refractivity (Wildman–Crippen MR) is 94.8 cm³/mol. The summed E-state index contributed by atoms with van der Waals surface area (Å²) in [6.07, 6.45) is 0.791. The van der Waals surface area contributed by atoms with Crippen LogP contribution in [0.4, 0.5) is 4.79 Å². The van der Waals surface area contributed by atoms with Crippen molar-refractivity contribution in [2.24, 2.45) is 0 Å². The first-order valence-corrected chi connectivity index (χ1v) is 8.36. The fourth-order valence-electron chi connectivity index (χ4n) is 3.15. The van der Waals surface area contributed by atoms with E-state index in [1.165, 1.54) is 0 Å². The van der Waals surface area contributed by atoms with Crippen LogP contribution in [0.15, 0.2) is 42.5 Å². The zero-order chi connectivity index (χ0) is 18.0. The van der Waals surface area contributed by atoms with Gasteiger partial charge in [-0.1, -0.05) is 49.4 Å². The Labute approximate surface area is 146 Å². The summed E-state index contributed by atoms with van der Waals surface area (Å²) in [4.78, 5) is 38.2. The van der Waals surface area contributed by atoms with Gasteiger partial charge in [-0.3, -0.25) is 14.5 Å². The average molecular weight is 339 g/mol. The summed E-state index contributed by atoms with van der Waals surface area (Å²) in [5, 5.41) is 7.33. The maximum Gasteiger partial charge on any atom is 0.325 e. The molecule has 1 aliphatic heterocycles. The van der Waals surface area contributed by atoms with Crippen LogP contribution in [0, 0.1) is 0 Å². The number of rotatable bonds is 5. The molecule has 1 saturated heterocycles. The maximum absolute atomic E-state index is 13.0. The summed E-state index contributed by atoms with van der Waals surface area (Å²) in [6, 6.07) is 12.8. The van der Waals surface area contributed by atoms with Gasteiger partial charge in [0.05, 0.1) is 0 Å². The molecule has 2 N–H and O–H groups in total. The molecule has 6 nitrogen and oxygen atoms in total. The van der Waals surface area contributed by atoms with Gasteiger partial charge >= 0.3 is 6.03 Å². The van der Waals surface area contributed by atoms with Crippen LogP contribution in [0.5, 0.6) is 0 Å². The predicted octanol–water partition coefficient (Wildman–Crippen LogP) is 2.13. The van der Waals surface area contributed by atoms with Crippen molar-refractivity contribution in [3.05, 3.63) is 48.0 Å². The third-order valence-electron chi connectivity index (χ3n) is 4.48. The first kappa shape index (κ1) is 17.0. The lowest BCUT2D eigenvalue weighted by Crippen LogP contribution is -2.43. The Balaban J connectivity index is 1.93. The highest BCUT2D eigenvalue weighted by Gasteiger charge is 2.50. The molecule has 0 radical (unpaired) electrons. The number of amides is 4. The Morgan fingerprint density at radius 3 is 2.64 bits per heavy atom. The fourth-order valence-corrected chi connectivity index (χ4v) is 3.15. The molecule has 0 aliphatic carbocycles. The van der Waals surface area contributed by atoms with Crippen LogP contribution in [0.1, 0.15) is 25.8 Å². The minimum atomic E-state index is -1.19. The molecule has 2 aromatic carbocycles. The molecular weight excluding hydrogens is 318 g/mol. The van der Waals surface area contributed by atoms with Crippen LogP contribution in [-0.2, 0) is 15.1 Å². The lowest BCUT2D eigenvalue weighted by molar-refractivity contribution is -0.134.